The van der Waals surface area contributed by atoms with Crippen LogP contribution >= 0.6 is 11.8 Å². The number of nitrogens with zero attached hydrogens (tertiary/aromatic N) is 1. The van der Waals surface area contributed by atoms with Crippen LogP contribution in [0.4, 0.5) is 0 Å². The zero-order valence-corrected chi connectivity index (χ0v) is 24.7. The third-order valence-electron chi connectivity index (χ3n) is 6.01. The number of amides is 2. The fourth-order valence-electron chi connectivity index (χ4n) is 3.78. The van der Waals surface area contributed by atoms with E-state index in [1.807, 2.05) is 56.0 Å². The van der Waals surface area contributed by atoms with Crippen molar-refractivity contribution < 1.29 is 33.4 Å². The predicted molar refractivity (Wildman–Crippen MR) is 150 cm³/mol. The number of carbonyl (C=O) groups is 4. The van der Waals surface area contributed by atoms with E-state index in [0.29, 0.717) is 26.3 Å². The Morgan fingerprint density at radius 2 is 1.69 bits per heavy atom. The van der Waals surface area contributed by atoms with Crippen LogP contribution in [0.5, 0.6) is 0 Å². The molecule has 1 aliphatic heterocycles. The van der Waals surface area contributed by atoms with E-state index in [9.17, 15) is 19.2 Å². The molecule has 2 N–H and O–H groups in total. The zero-order valence-electron chi connectivity index (χ0n) is 23.9. The Morgan fingerprint density at radius 1 is 1.05 bits per heavy atom. The van der Waals surface area contributed by atoms with Gasteiger partial charge in [-0.15, -0.1) is 0 Å². The van der Waals surface area contributed by atoms with Crippen LogP contribution in [0.1, 0.15) is 47.1 Å². The van der Waals surface area contributed by atoms with E-state index in [0.717, 1.165) is 17.3 Å². The van der Waals surface area contributed by atoms with Crippen molar-refractivity contribution in [1.82, 2.24) is 15.5 Å². The van der Waals surface area contributed by atoms with Gasteiger partial charge in [0.1, 0.15) is 5.54 Å². The van der Waals surface area contributed by atoms with E-state index >= 15 is 0 Å². The van der Waals surface area contributed by atoms with Crippen molar-refractivity contribution in [2.75, 3.05) is 46.1 Å². The van der Waals surface area contributed by atoms with Crippen LogP contribution in [0.15, 0.2) is 30.3 Å². The number of carbonyl (C=O) groups excluding carboxylic acids is 4. The highest BCUT2D eigenvalue weighted by atomic mass is 32.2. The molecule has 0 unspecified atom stereocenters. The third-order valence-corrected chi connectivity index (χ3v) is 7.56. The Labute approximate surface area is 235 Å². The molecule has 0 bridgehead atoms. The second-order valence-electron chi connectivity index (χ2n) is 11.0. The second kappa shape index (κ2) is 15.4. The maximum absolute atomic E-state index is 13.4. The normalized spacial score (nSPS) is 16.2. The van der Waals surface area contributed by atoms with Crippen LogP contribution in [-0.4, -0.2) is 90.7 Å². The molecule has 218 valence electrons. The number of benzene rings is 1. The second-order valence-corrected chi connectivity index (χ2v) is 12.2. The SMILES string of the molecule is CCOC(=O)[C@H](COCc1ccccc1)NC(=O)C(C)(C)NC(=O)[C@H](SC(=O)CN1CCOCC1)C(C)(C)C. The van der Waals surface area contributed by atoms with Crippen molar-refractivity contribution in [3.8, 4) is 0 Å². The minimum absolute atomic E-state index is 0.0972. The van der Waals surface area contributed by atoms with Crippen LogP contribution in [0.25, 0.3) is 0 Å². The lowest BCUT2D eigenvalue weighted by Gasteiger charge is -2.34. The topological polar surface area (TPSA) is 123 Å². The van der Waals surface area contributed by atoms with Crippen molar-refractivity contribution in [3.63, 3.8) is 0 Å². The molecule has 1 aromatic carbocycles. The Balaban J connectivity index is 2.02. The van der Waals surface area contributed by atoms with Crippen LogP contribution in [0, 0.1) is 5.41 Å². The van der Waals surface area contributed by atoms with Crippen molar-refractivity contribution in [3.05, 3.63) is 35.9 Å². The lowest BCUT2D eigenvalue weighted by atomic mass is 9.90. The first-order valence-corrected chi connectivity index (χ1v) is 14.1. The Morgan fingerprint density at radius 3 is 2.28 bits per heavy atom. The van der Waals surface area contributed by atoms with Gasteiger partial charge in [0.05, 0.1) is 44.8 Å². The average Bonchev–Trinajstić information content (AvgIpc) is 2.87. The van der Waals surface area contributed by atoms with Gasteiger partial charge in [0.2, 0.25) is 16.9 Å². The Hall–Kier alpha value is -2.47. The molecule has 2 amide bonds. The number of ether oxygens (including phenoxy) is 3. The monoisotopic (exact) mass is 565 g/mol. The first-order valence-electron chi connectivity index (χ1n) is 13.2. The maximum atomic E-state index is 13.4. The largest absolute Gasteiger partial charge is 0.464 e. The van der Waals surface area contributed by atoms with Crippen molar-refractivity contribution in [2.24, 2.45) is 5.41 Å². The fourth-order valence-corrected chi connectivity index (χ4v) is 4.82. The summed E-state index contributed by atoms with van der Waals surface area (Å²) < 4.78 is 16.1. The number of rotatable bonds is 13. The van der Waals surface area contributed by atoms with Gasteiger partial charge in [-0.1, -0.05) is 62.9 Å². The average molecular weight is 566 g/mol. The van der Waals surface area contributed by atoms with Crippen LogP contribution < -0.4 is 10.6 Å². The van der Waals surface area contributed by atoms with E-state index in [1.54, 1.807) is 20.8 Å². The van der Waals surface area contributed by atoms with Crippen LogP contribution in [-0.2, 0) is 40.0 Å². The number of hydrogen-bond acceptors (Lipinski definition) is 9. The minimum atomic E-state index is -1.38. The molecular formula is C28H43N3O7S. The molecule has 39 heavy (non-hydrogen) atoms. The van der Waals surface area contributed by atoms with Crippen LogP contribution in [0.2, 0.25) is 0 Å². The van der Waals surface area contributed by atoms with Gasteiger partial charge in [0, 0.05) is 13.1 Å². The molecule has 11 heteroatoms. The number of morpholine rings is 1. The van der Waals surface area contributed by atoms with Gasteiger partial charge in [-0.25, -0.2) is 4.79 Å². The molecule has 1 saturated heterocycles. The molecule has 0 saturated carbocycles. The standard InChI is InChI=1S/C28H43N3O7S/c1-7-38-25(34)21(19-37-18-20-11-9-8-10-12-20)29-26(35)28(5,6)30-24(33)23(27(2,3)4)39-22(32)17-31-13-15-36-16-14-31/h8-12,21,23H,7,13-19H2,1-6H3,(H,29,35)(H,30,33)/t21-,23-/m0/s1. The van der Waals surface area contributed by atoms with E-state index in [2.05, 4.69) is 10.6 Å². The summed E-state index contributed by atoms with van der Waals surface area (Å²) in [5.41, 5.74) is -1.01. The third kappa shape index (κ3) is 11.3. The van der Waals surface area contributed by atoms with Crippen molar-refractivity contribution in [1.29, 1.82) is 0 Å². The maximum Gasteiger partial charge on any atom is 0.331 e. The molecule has 1 aliphatic rings. The quantitative estimate of drug-likeness (QED) is 0.346. The fraction of sp³-hybridized carbons (Fsp3) is 0.643. The molecule has 1 fully saturated rings. The summed E-state index contributed by atoms with van der Waals surface area (Å²) >= 11 is 0.981. The van der Waals surface area contributed by atoms with E-state index in [-0.39, 0.29) is 31.5 Å². The molecule has 1 aromatic rings. The van der Waals surface area contributed by atoms with Crippen molar-refractivity contribution in [2.45, 2.75) is 65.0 Å². The summed E-state index contributed by atoms with van der Waals surface area (Å²) in [4.78, 5) is 54.0. The summed E-state index contributed by atoms with van der Waals surface area (Å²) in [5, 5.41) is 4.59. The van der Waals surface area contributed by atoms with Gasteiger partial charge < -0.3 is 24.8 Å². The van der Waals surface area contributed by atoms with Gasteiger partial charge in [-0.3, -0.25) is 19.3 Å². The van der Waals surface area contributed by atoms with Crippen LogP contribution in [0.3, 0.4) is 0 Å². The number of hydrogen-bond donors (Lipinski definition) is 2. The molecular weight excluding hydrogens is 522 g/mol. The van der Waals surface area contributed by atoms with Crippen molar-refractivity contribution >= 4 is 34.7 Å². The number of esters is 1. The number of thioether (sulfide) groups is 1. The minimum Gasteiger partial charge on any atom is -0.464 e. The van der Waals surface area contributed by atoms with Gasteiger partial charge in [-0.2, -0.15) is 0 Å². The van der Waals surface area contributed by atoms with Gasteiger partial charge in [0.15, 0.2) is 6.04 Å². The highest BCUT2D eigenvalue weighted by Crippen LogP contribution is 2.32. The summed E-state index contributed by atoms with van der Waals surface area (Å²) in [6, 6.07) is 8.39. The lowest BCUT2D eigenvalue weighted by molar-refractivity contribution is -0.150. The summed E-state index contributed by atoms with van der Waals surface area (Å²) in [6.07, 6.45) is 0. The summed E-state index contributed by atoms with van der Waals surface area (Å²) in [7, 11) is 0. The molecule has 0 spiro atoms. The Bertz CT molecular complexity index is 960. The highest BCUT2D eigenvalue weighted by molar-refractivity contribution is 8.14. The predicted octanol–water partition coefficient (Wildman–Crippen LogP) is 2.15. The molecule has 10 nitrogen and oxygen atoms in total. The smallest absolute Gasteiger partial charge is 0.331 e. The molecule has 2 atom stereocenters. The number of nitrogens with one attached hydrogen (secondary N) is 2. The lowest BCUT2D eigenvalue weighted by Crippen LogP contribution is -2.60. The zero-order chi connectivity index (χ0) is 29.1. The summed E-state index contributed by atoms with van der Waals surface area (Å²) in [5.74, 6) is -1.64. The van der Waals surface area contributed by atoms with E-state index in [1.165, 1.54) is 0 Å². The summed E-state index contributed by atoms with van der Waals surface area (Å²) in [6.45, 7) is 13.4. The van der Waals surface area contributed by atoms with Gasteiger partial charge in [0.25, 0.3) is 0 Å². The first-order chi connectivity index (χ1) is 18.3. The molecule has 0 radical (unpaired) electrons. The first kappa shape index (κ1) is 32.7. The molecule has 1 heterocycles. The van der Waals surface area contributed by atoms with Gasteiger partial charge >= 0.3 is 5.97 Å². The molecule has 2 rings (SSSR count). The van der Waals surface area contributed by atoms with Gasteiger partial charge in [-0.05, 0) is 31.7 Å². The Kier molecular flexibility index (Phi) is 12.9. The van der Waals surface area contributed by atoms with E-state index < -0.39 is 40.0 Å². The van der Waals surface area contributed by atoms with E-state index in [4.69, 9.17) is 14.2 Å². The molecule has 0 aliphatic carbocycles. The highest BCUT2D eigenvalue weighted by Gasteiger charge is 2.40. The molecule has 0 aromatic heterocycles.